The molecule has 2 fully saturated rings. The number of ether oxygens (including phenoxy) is 1. The Morgan fingerprint density at radius 1 is 0.390 bits per heavy atom. The SMILES string of the molecule is CN1CCN=C1c1ccc2c(=O)n(-c3ccc(CC(=O)CS(=O)(=O)c4ccc(Cl)s4)cn3)cnc2c1.O=C(Cc1ccc(-n2cnc3cc(NCCN4CCCC4)ccc3c2=O)nc1)CS(=O)(=O)c1ccc(Cl)s1.O=C(Cc1ccc(-n2cnc3cc(NCCN4CCOCC4)ccc3c2=O)nc1)CS(=O)(=O)c1ccc(Cl)s1.O=C(Cc1ccc(-n2cnc3cc4c(cc3c2=O)CCN4)nc1)CS(=O)(=O)c1ccc(Cl)s1. The summed E-state index contributed by atoms with van der Waals surface area (Å²) in [7, 11) is -13.0. The number of aliphatic imine (C=N–C) groups is 1. The fourth-order valence-corrected chi connectivity index (χ4v) is 27.7. The van der Waals surface area contributed by atoms with Gasteiger partial charge in [-0.1, -0.05) is 76.7 Å². The number of benzene rings is 4. The van der Waals surface area contributed by atoms with Crippen molar-refractivity contribution in [3.63, 3.8) is 0 Å². The van der Waals surface area contributed by atoms with Gasteiger partial charge >= 0.3 is 0 Å². The van der Waals surface area contributed by atoms with Crippen LogP contribution in [0.1, 0.15) is 46.2 Å². The molecule has 0 unspecified atom stereocenters. The Hall–Kier alpha value is -12.8. The van der Waals surface area contributed by atoms with Gasteiger partial charge in [-0.15, -0.1) is 45.3 Å². The number of halogens is 4. The molecule has 16 aromatic rings. The number of nitrogens with one attached hydrogen (secondary N) is 3. The van der Waals surface area contributed by atoms with E-state index in [0.717, 1.165) is 171 Å². The first-order chi connectivity index (χ1) is 70.1. The van der Waals surface area contributed by atoms with Gasteiger partial charge in [0, 0.05) is 133 Å². The monoisotopic (exact) mass is 2200 g/mol. The van der Waals surface area contributed by atoms with Gasteiger partial charge in [0.1, 0.15) is 94.3 Å². The minimum Gasteiger partial charge on any atom is -0.384 e. The zero-order chi connectivity index (χ0) is 103. The average molecular weight is 2200 g/mol. The van der Waals surface area contributed by atoms with Crippen molar-refractivity contribution < 1.29 is 57.6 Å². The van der Waals surface area contributed by atoms with E-state index in [1.807, 2.05) is 55.6 Å². The van der Waals surface area contributed by atoms with Crippen LogP contribution in [0.5, 0.6) is 0 Å². The van der Waals surface area contributed by atoms with Crippen molar-refractivity contribution in [2.45, 2.75) is 61.8 Å². The van der Waals surface area contributed by atoms with Crippen LogP contribution in [-0.4, -0.2) is 251 Å². The van der Waals surface area contributed by atoms with Crippen LogP contribution in [0, 0.1) is 0 Å². The number of likely N-dealkylation sites (tertiary alicyclic amines) is 1. The Kier molecular flexibility index (Phi) is 33.0. The summed E-state index contributed by atoms with van der Waals surface area (Å²) in [6.45, 7) is 11.6. The predicted molar refractivity (Wildman–Crippen MR) is 567 cm³/mol. The molecule has 754 valence electrons. The maximum absolute atomic E-state index is 13.1. The summed E-state index contributed by atoms with van der Waals surface area (Å²) in [5.74, 6) is -2.03. The molecule has 12 aromatic heterocycles. The Morgan fingerprint density at radius 3 is 1.07 bits per heavy atom. The largest absolute Gasteiger partial charge is 0.384 e. The quantitative estimate of drug-likeness (QED) is 0.0344. The smallest absolute Gasteiger partial charge is 0.266 e. The third-order valence-corrected chi connectivity index (χ3v) is 37.7. The van der Waals surface area contributed by atoms with Crippen molar-refractivity contribution in [1.82, 2.24) is 72.8 Å². The van der Waals surface area contributed by atoms with Crippen molar-refractivity contribution in [2.24, 2.45) is 4.99 Å². The van der Waals surface area contributed by atoms with E-state index in [9.17, 15) is 72.0 Å². The molecule has 146 heavy (non-hydrogen) atoms. The molecular formula is C98H89Cl4N19O17S8. The second-order valence-corrected chi connectivity index (χ2v) is 50.0. The predicted octanol–water partition coefficient (Wildman–Crippen LogP) is 12.2. The Labute approximate surface area is 871 Å². The first-order valence-electron chi connectivity index (χ1n) is 45.5. The highest BCUT2D eigenvalue weighted by Crippen LogP contribution is 2.33. The van der Waals surface area contributed by atoms with Crippen LogP contribution < -0.4 is 38.2 Å². The van der Waals surface area contributed by atoms with Gasteiger partial charge < -0.3 is 30.5 Å². The van der Waals surface area contributed by atoms with Crippen LogP contribution in [0.25, 0.3) is 66.9 Å². The Balaban J connectivity index is 0.000000133. The number of aromatic nitrogens is 12. The number of carbonyl (C=O) groups excluding carboxylic acids is 4. The molecule has 0 aliphatic carbocycles. The maximum Gasteiger partial charge on any atom is 0.266 e. The number of Topliss-reactive ketones (excluding diaryl/α,β-unsaturated/α-hetero) is 4. The van der Waals surface area contributed by atoms with Gasteiger partial charge in [-0.05, 0) is 194 Å². The van der Waals surface area contributed by atoms with Crippen molar-refractivity contribution in [3.8, 4) is 23.3 Å². The molecule has 36 nitrogen and oxygen atoms in total. The molecule has 0 atom stereocenters. The standard InChI is InChI=1S/C26H26ClN5O5S2.C26H26ClN5O4S2.C24H20ClN5O4S2.C22H17ClN4O4S2/c27-23-4-6-25(38-23)39(35,36)16-20(33)13-18-1-5-24(29-15-18)32-17-30-22-14-19(2-3-21(22)26(32)34)28-7-8-31-9-11-37-12-10-31;27-23-6-8-25(37-23)38(35,36)16-20(33)13-18-3-7-24(29-15-18)32-17-30-22-14-19(4-5-21(22)26(32)34)28-9-12-31-10-1-2-11-31;1-29-9-8-26-23(29)16-3-4-18-19(11-16)28-14-30(24(18)32)21-6-2-15(12-27-21)10-17(31)13-36(33,34)22-7-5-20(25)35-22;23-19-2-4-21(32-19)33(30,31)11-15(28)7-13-1-3-20(25-10-13)27-12-26-18-9-17-14(5-6-24-17)8-16(18)22(27)29/h1-6,14-15,17,28H,7-13,16H2;3-8,14-15,17,28H,1-2,9-13,16H2;2-7,11-12,14H,8-10,13H2,1H3;1-4,8-10,12,24H,5-7,11H2. The minimum absolute atomic E-state index is 0.0628. The number of amidine groups is 1. The highest BCUT2D eigenvalue weighted by atomic mass is 35.5. The number of hydrogen-bond donors (Lipinski definition) is 3. The third kappa shape index (κ3) is 25.9. The van der Waals surface area contributed by atoms with Gasteiger partial charge in [-0.3, -0.25) is 66.5 Å². The fraction of sp³-hybridized carbons (Fsp3) is 0.255. The van der Waals surface area contributed by atoms with E-state index < -0.39 is 85.5 Å². The highest BCUT2D eigenvalue weighted by Gasteiger charge is 2.29. The molecule has 0 radical (unpaired) electrons. The number of anilines is 3. The lowest BCUT2D eigenvalue weighted by atomic mass is 10.1. The molecule has 16 heterocycles. The average Bonchev–Trinajstić information content (AvgIpc) is 1.56. The lowest BCUT2D eigenvalue weighted by Gasteiger charge is -2.26. The Bertz CT molecular complexity index is 8470. The number of morpholine rings is 1. The van der Waals surface area contributed by atoms with Gasteiger partial charge in [-0.2, -0.15) is 0 Å². The normalized spacial score (nSPS) is 14.0. The molecular weight excluding hydrogens is 2110 g/mol. The van der Waals surface area contributed by atoms with E-state index in [-0.39, 0.29) is 64.8 Å². The summed E-state index contributed by atoms with van der Waals surface area (Å²) in [6, 6.07) is 44.7. The number of likely N-dealkylation sites (N-methyl/N-ethyl adjacent to an activating group) is 1. The Morgan fingerprint density at radius 2 is 0.733 bits per heavy atom. The molecule has 2 saturated heterocycles. The van der Waals surface area contributed by atoms with E-state index >= 15 is 0 Å². The number of thiophene rings is 4. The van der Waals surface area contributed by atoms with E-state index in [1.165, 1.54) is 130 Å². The lowest BCUT2D eigenvalue weighted by molar-refractivity contribution is -0.116. The second-order valence-electron chi connectivity index (χ2n) is 34.3. The van der Waals surface area contributed by atoms with Crippen molar-refractivity contribution >= 4 is 221 Å². The van der Waals surface area contributed by atoms with Gasteiger partial charge in [0.05, 0.1) is 80.7 Å². The number of sulfone groups is 4. The van der Waals surface area contributed by atoms with Crippen LogP contribution in [0.15, 0.2) is 255 Å². The van der Waals surface area contributed by atoms with Crippen LogP contribution >= 0.6 is 91.8 Å². The molecule has 4 aliphatic heterocycles. The highest BCUT2D eigenvalue weighted by molar-refractivity contribution is 7.95. The molecule has 4 aromatic carbocycles. The van der Waals surface area contributed by atoms with Crippen molar-refractivity contribution in [2.75, 3.05) is 131 Å². The molecule has 48 heteroatoms. The van der Waals surface area contributed by atoms with E-state index in [4.69, 9.17) is 51.1 Å². The number of hydrogen-bond acceptors (Lipinski definition) is 36. The number of fused-ring (bicyclic) bond motifs is 5. The summed E-state index contributed by atoms with van der Waals surface area (Å²) in [4.78, 5) is 148. The van der Waals surface area contributed by atoms with Gasteiger partial charge in [0.15, 0.2) is 62.5 Å². The van der Waals surface area contributed by atoms with E-state index in [2.05, 4.69) is 75.5 Å². The first kappa shape index (κ1) is 105. The zero-order valence-corrected chi connectivity index (χ0v) is 87.1. The summed E-state index contributed by atoms with van der Waals surface area (Å²) in [5, 5.41) is 11.9. The molecule has 0 amide bonds. The molecule has 3 N–H and O–H groups in total. The van der Waals surface area contributed by atoms with Crippen LogP contribution in [-0.2, 0) is 95.4 Å². The number of carbonyl (C=O) groups is 4. The van der Waals surface area contributed by atoms with Gasteiger partial charge in [0.2, 0.25) is 0 Å². The summed E-state index contributed by atoms with van der Waals surface area (Å²) < 4.78 is 112. The summed E-state index contributed by atoms with van der Waals surface area (Å²) >= 11 is 26.9. The molecule has 0 saturated carbocycles. The molecule has 4 aliphatic rings. The van der Waals surface area contributed by atoms with Crippen LogP contribution in [0.2, 0.25) is 17.3 Å². The van der Waals surface area contributed by atoms with Gasteiger partial charge in [-0.25, -0.2) is 73.5 Å². The zero-order valence-electron chi connectivity index (χ0n) is 77.6. The number of nitrogens with zero attached hydrogens (tertiary/aromatic N) is 16. The van der Waals surface area contributed by atoms with E-state index in [1.54, 1.807) is 66.7 Å². The summed E-state index contributed by atoms with van der Waals surface area (Å²) in [5.41, 5.74) is 8.28. The third-order valence-electron chi connectivity index (χ3n) is 23.8. The maximum atomic E-state index is 13.1. The number of ketones is 4. The lowest BCUT2D eigenvalue weighted by Crippen LogP contribution is -2.39. The first-order valence-corrected chi connectivity index (χ1v) is 56.9. The van der Waals surface area contributed by atoms with Crippen LogP contribution in [0.4, 0.5) is 17.1 Å². The van der Waals surface area contributed by atoms with E-state index in [0.29, 0.717) is 106 Å². The number of pyridine rings is 4. The van der Waals surface area contributed by atoms with Crippen molar-refractivity contribution in [1.29, 1.82) is 0 Å². The summed E-state index contributed by atoms with van der Waals surface area (Å²) in [6.07, 6.45) is 14.5. The van der Waals surface area contributed by atoms with Gasteiger partial charge in [0.25, 0.3) is 22.2 Å². The number of rotatable bonds is 33. The topological polar surface area (TPSA) is 463 Å². The minimum atomic E-state index is -3.75. The second kappa shape index (κ2) is 46.1. The fourth-order valence-electron chi connectivity index (χ4n) is 16.4. The van der Waals surface area contributed by atoms with Crippen molar-refractivity contribution in [3.05, 3.63) is 306 Å². The molecule has 20 rings (SSSR count). The molecule has 0 bridgehead atoms. The van der Waals surface area contributed by atoms with Crippen LogP contribution in [0.3, 0.4) is 0 Å². The molecule has 0 spiro atoms.